The van der Waals surface area contributed by atoms with Crippen molar-refractivity contribution in [2.24, 2.45) is 0 Å². The molecule has 0 bridgehead atoms. The molecule has 1 aromatic carbocycles. The second-order valence-corrected chi connectivity index (χ2v) is 3.56. The highest BCUT2D eigenvalue weighted by atomic mass is 16.7. The number of nitrogen functional groups attached to an aromatic ring is 1. The molecule has 6 heteroatoms. The molecule has 0 fully saturated rings. The van der Waals surface area contributed by atoms with E-state index >= 15 is 0 Å². The van der Waals surface area contributed by atoms with Crippen LogP contribution in [-0.2, 0) is 0 Å². The van der Waals surface area contributed by atoms with E-state index in [1.807, 2.05) is 0 Å². The molecule has 6 nitrogen and oxygen atoms in total. The number of aryl methyl sites for hydroxylation is 1. The molecule has 82 valence electrons. The Morgan fingerprint density at radius 1 is 1.38 bits per heavy atom. The number of nitrogens with two attached hydrogens (primary N) is 1. The SMILES string of the molecule is Cc1nc2cc3c(cc2c(=O)n1N)OCO3. The van der Waals surface area contributed by atoms with Gasteiger partial charge in [-0.3, -0.25) is 4.79 Å². The number of fused-ring (bicyclic) bond motifs is 2. The van der Waals surface area contributed by atoms with Gasteiger partial charge in [-0.05, 0) is 13.0 Å². The number of hydrogen-bond acceptors (Lipinski definition) is 5. The average Bonchev–Trinajstić information content (AvgIpc) is 2.71. The number of aromatic nitrogens is 2. The van der Waals surface area contributed by atoms with Gasteiger partial charge in [0.1, 0.15) is 5.82 Å². The van der Waals surface area contributed by atoms with Crippen molar-refractivity contribution in [2.75, 3.05) is 12.6 Å². The first-order valence-corrected chi connectivity index (χ1v) is 4.75. The van der Waals surface area contributed by atoms with Crippen molar-refractivity contribution in [3.05, 3.63) is 28.3 Å². The molecular formula is C10H9N3O3. The van der Waals surface area contributed by atoms with Crippen molar-refractivity contribution in [1.82, 2.24) is 9.66 Å². The largest absolute Gasteiger partial charge is 0.454 e. The average molecular weight is 219 g/mol. The first-order chi connectivity index (χ1) is 7.66. The minimum atomic E-state index is -0.291. The van der Waals surface area contributed by atoms with E-state index in [9.17, 15) is 4.79 Å². The summed E-state index contributed by atoms with van der Waals surface area (Å²) in [5.41, 5.74) is 0.272. The van der Waals surface area contributed by atoms with Gasteiger partial charge in [-0.25, -0.2) is 9.66 Å². The molecule has 0 unspecified atom stereocenters. The van der Waals surface area contributed by atoms with Crippen LogP contribution in [0.4, 0.5) is 0 Å². The molecule has 0 amide bonds. The fourth-order valence-corrected chi connectivity index (χ4v) is 1.70. The second kappa shape index (κ2) is 2.88. The summed E-state index contributed by atoms with van der Waals surface area (Å²) < 4.78 is 11.4. The number of nitrogens with zero attached hydrogens (tertiary/aromatic N) is 2. The maximum absolute atomic E-state index is 11.9. The normalized spacial score (nSPS) is 13.3. The predicted octanol–water partition coefficient (Wildman–Crippen LogP) is 0.147. The predicted molar refractivity (Wildman–Crippen MR) is 57.0 cm³/mol. The highest BCUT2D eigenvalue weighted by molar-refractivity contribution is 5.82. The van der Waals surface area contributed by atoms with E-state index in [-0.39, 0.29) is 12.4 Å². The Bertz CT molecular complexity index is 648. The zero-order valence-corrected chi connectivity index (χ0v) is 8.56. The topological polar surface area (TPSA) is 79.4 Å². The molecule has 2 heterocycles. The van der Waals surface area contributed by atoms with E-state index in [2.05, 4.69) is 4.98 Å². The third-order valence-corrected chi connectivity index (χ3v) is 2.57. The summed E-state index contributed by atoms with van der Waals surface area (Å²) in [6, 6.07) is 3.29. The van der Waals surface area contributed by atoms with Crippen molar-refractivity contribution in [2.45, 2.75) is 6.92 Å². The summed E-state index contributed by atoms with van der Waals surface area (Å²) >= 11 is 0. The zero-order valence-electron chi connectivity index (χ0n) is 8.56. The lowest BCUT2D eigenvalue weighted by Crippen LogP contribution is -2.30. The number of benzene rings is 1. The summed E-state index contributed by atoms with van der Waals surface area (Å²) in [7, 11) is 0. The van der Waals surface area contributed by atoms with E-state index in [0.29, 0.717) is 28.2 Å². The van der Waals surface area contributed by atoms with Gasteiger partial charge in [-0.15, -0.1) is 0 Å². The van der Waals surface area contributed by atoms with Gasteiger partial charge in [0, 0.05) is 6.07 Å². The molecule has 0 radical (unpaired) electrons. The molecular weight excluding hydrogens is 210 g/mol. The van der Waals surface area contributed by atoms with Crippen LogP contribution in [0.2, 0.25) is 0 Å². The molecule has 0 saturated carbocycles. The van der Waals surface area contributed by atoms with E-state index in [4.69, 9.17) is 15.3 Å². The smallest absolute Gasteiger partial charge is 0.279 e. The summed E-state index contributed by atoms with van der Waals surface area (Å²) in [6.45, 7) is 1.84. The van der Waals surface area contributed by atoms with E-state index < -0.39 is 0 Å². The Balaban J connectivity index is 2.45. The molecule has 1 aromatic heterocycles. The Morgan fingerprint density at radius 2 is 2.06 bits per heavy atom. The second-order valence-electron chi connectivity index (χ2n) is 3.56. The minimum Gasteiger partial charge on any atom is -0.454 e. The zero-order chi connectivity index (χ0) is 11.3. The van der Waals surface area contributed by atoms with Gasteiger partial charge in [-0.1, -0.05) is 0 Å². The van der Waals surface area contributed by atoms with E-state index in [1.54, 1.807) is 19.1 Å². The standard InChI is InChI=1S/C10H9N3O3/c1-5-12-7-3-9-8(15-4-16-9)2-6(7)10(14)13(5)11/h2-3H,4,11H2,1H3. The van der Waals surface area contributed by atoms with Gasteiger partial charge in [0.15, 0.2) is 11.5 Å². The fraction of sp³-hybridized carbons (Fsp3) is 0.200. The van der Waals surface area contributed by atoms with Crippen LogP contribution in [0.1, 0.15) is 5.82 Å². The molecule has 1 aliphatic heterocycles. The van der Waals surface area contributed by atoms with E-state index in [1.165, 1.54) is 0 Å². The Labute approximate surface area is 90.2 Å². The van der Waals surface area contributed by atoms with Gasteiger partial charge < -0.3 is 15.3 Å². The van der Waals surface area contributed by atoms with Crippen LogP contribution in [0.25, 0.3) is 10.9 Å². The first kappa shape index (κ1) is 9.02. The van der Waals surface area contributed by atoms with Crippen molar-refractivity contribution < 1.29 is 9.47 Å². The highest BCUT2D eigenvalue weighted by Gasteiger charge is 2.17. The van der Waals surface area contributed by atoms with Crippen molar-refractivity contribution in [1.29, 1.82) is 0 Å². The number of ether oxygens (including phenoxy) is 2. The van der Waals surface area contributed by atoms with Crippen LogP contribution in [0, 0.1) is 6.92 Å². The quantitative estimate of drug-likeness (QED) is 0.638. The molecule has 0 atom stereocenters. The van der Waals surface area contributed by atoms with Gasteiger partial charge >= 0.3 is 0 Å². The fourth-order valence-electron chi connectivity index (χ4n) is 1.70. The van der Waals surface area contributed by atoms with Gasteiger partial charge in [-0.2, -0.15) is 0 Å². The molecule has 3 rings (SSSR count). The van der Waals surface area contributed by atoms with Gasteiger partial charge in [0.05, 0.1) is 10.9 Å². The molecule has 0 spiro atoms. The molecule has 1 aliphatic rings. The van der Waals surface area contributed by atoms with Crippen molar-refractivity contribution in [3.63, 3.8) is 0 Å². The molecule has 2 N–H and O–H groups in total. The first-order valence-electron chi connectivity index (χ1n) is 4.75. The van der Waals surface area contributed by atoms with Crippen molar-refractivity contribution >= 4 is 10.9 Å². The third-order valence-electron chi connectivity index (χ3n) is 2.57. The Kier molecular flexibility index (Phi) is 1.62. The molecule has 0 aliphatic carbocycles. The number of rotatable bonds is 0. The lowest BCUT2D eigenvalue weighted by molar-refractivity contribution is 0.174. The maximum atomic E-state index is 11.9. The Hall–Kier alpha value is -2.24. The molecule has 2 aromatic rings. The van der Waals surface area contributed by atoms with Crippen LogP contribution < -0.4 is 20.9 Å². The number of hydrogen-bond donors (Lipinski definition) is 1. The van der Waals surface area contributed by atoms with Gasteiger partial charge in [0.25, 0.3) is 5.56 Å². The minimum absolute atomic E-state index is 0.168. The van der Waals surface area contributed by atoms with E-state index in [0.717, 1.165) is 4.68 Å². The summed E-state index contributed by atoms with van der Waals surface area (Å²) in [5, 5.41) is 0.428. The maximum Gasteiger partial charge on any atom is 0.279 e. The van der Waals surface area contributed by atoms with Crippen LogP contribution in [-0.4, -0.2) is 16.5 Å². The van der Waals surface area contributed by atoms with Gasteiger partial charge in [0.2, 0.25) is 6.79 Å². The van der Waals surface area contributed by atoms with Crippen molar-refractivity contribution in [3.8, 4) is 11.5 Å². The van der Waals surface area contributed by atoms with Crippen LogP contribution in [0.5, 0.6) is 11.5 Å². The van der Waals surface area contributed by atoms with Crippen LogP contribution in [0.15, 0.2) is 16.9 Å². The highest BCUT2D eigenvalue weighted by Crippen LogP contribution is 2.34. The molecule has 16 heavy (non-hydrogen) atoms. The summed E-state index contributed by atoms with van der Waals surface area (Å²) in [5.74, 6) is 7.17. The third kappa shape index (κ3) is 1.06. The Morgan fingerprint density at radius 3 is 2.81 bits per heavy atom. The monoisotopic (exact) mass is 219 g/mol. The van der Waals surface area contributed by atoms with Crippen LogP contribution >= 0.6 is 0 Å². The molecule has 0 saturated heterocycles. The lowest BCUT2D eigenvalue weighted by Gasteiger charge is -2.05. The summed E-state index contributed by atoms with van der Waals surface area (Å²) in [6.07, 6.45) is 0. The lowest BCUT2D eigenvalue weighted by atomic mass is 10.2. The summed E-state index contributed by atoms with van der Waals surface area (Å²) in [4.78, 5) is 16.1. The van der Waals surface area contributed by atoms with Crippen LogP contribution in [0.3, 0.4) is 0 Å².